The summed E-state index contributed by atoms with van der Waals surface area (Å²) in [4.78, 5) is 79.4. The van der Waals surface area contributed by atoms with E-state index in [2.05, 4.69) is 25.9 Å². The molecule has 39 heavy (non-hydrogen) atoms. The fourth-order valence-electron chi connectivity index (χ4n) is 3.52. The quantitative estimate of drug-likeness (QED) is 0.113. The summed E-state index contributed by atoms with van der Waals surface area (Å²) in [7, 11) is 0. The molecule has 4 amide bonds. The summed E-state index contributed by atoms with van der Waals surface area (Å²) in [5.74, 6) is -6.14. The minimum Gasteiger partial charge on any atom is -0.481 e. The molecule has 4 unspecified atom stereocenters. The number of benzene rings is 1. The Hall–Kier alpha value is -4.79. The Morgan fingerprint density at radius 3 is 2.05 bits per heavy atom. The van der Waals surface area contributed by atoms with Gasteiger partial charge in [0, 0.05) is 31.2 Å². The molecule has 0 aliphatic carbocycles. The molecule has 0 spiro atoms. The third-order valence-electron chi connectivity index (χ3n) is 5.55. The van der Waals surface area contributed by atoms with Gasteiger partial charge in [0.15, 0.2) is 0 Å². The fourth-order valence-corrected chi connectivity index (χ4v) is 3.52. The van der Waals surface area contributed by atoms with E-state index in [1.807, 2.05) is 0 Å². The summed E-state index contributed by atoms with van der Waals surface area (Å²) in [6.45, 7) is 0. The van der Waals surface area contributed by atoms with Crippen molar-refractivity contribution in [2.24, 2.45) is 11.5 Å². The topological polar surface area (TPSA) is 260 Å². The maximum absolute atomic E-state index is 13.2. The highest BCUT2D eigenvalue weighted by molar-refractivity contribution is 5.96. The summed E-state index contributed by atoms with van der Waals surface area (Å²) in [5.41, 5.74) is 12.0. The number of aliphatic carboxylic acids is 2. The van der Waals surface area contributed by atoms with E-state index in [9.17, 15) is 33.9 Å². The molecule has 1 aromatic carbocycles. The molecule has 0 saturated heterocycles. The van der Waals surface area contributed by atoms with Gasteiger partial charge in [0.1, 0.15) is 18.1 Å². The van der Waals surface area contributed by atoms with Gasteiger partial charge in [-0.25, -0.2) is 9.78 Å². The van der Waals surface area contributed by atoms with Crippen molar-refractivity contribution in [3.8, 4) is 0 Å². The fraction of sp³-hybridized carbons (Fsp3) is 0.375. The number of carbonyl (C=O) groups is 6. The molecule has 2 aromatic rings. The van der Waals surface area contributed by atoms with E-state index in [4.69, 9.17) is 16.6 Å². The number of carboxylic acid groups (broad SMARTS) is 2. The number of aromatic nitrogens is 2. The third kappa shape index (κ3) is 10.6. The normalized spacial score (nSPS) is 13.8. The van der Waals surface area contributed by atoms with Crippen molar-refractivity contribution in [3.05, 3.63) is 54.1 Å². The Kier molecular flexibility index (Phi) is 11.6. The molecular weight excluding hydrogens is 514 g/mol. The van der Waals surface area contributed by atoms with E-state index >= 15 is 0 Å². The van der Waals surface area contributed by atoms with Crippen molar-refractivity contribution in [1.82, 2.24) is 25.9 Å². The molecule has 0 fully saturated rings. The number of imidazole rings is 1. The van der Waals surface area contributed by atoms with Gasteiger partial charge in [-0.15, -0.1) is 0 Å². The first-order chi connectivity index (χ1) is 18.5. The van der Waals surface area contributed by atoms with Gasteiger partial charge in [0.25, 0.3) is 0 Å². The van der Waals surface area contributed by atoms with Crippen LogP contribution in [0, 0.1) is 0 Å². The van der Waals surface area contributed by atoms with E-state index in [1.165, 1.54) is 12.5 Å². The van der Waals surface area contributed by atoms with Gasteiger partial charge >= 0.3 is 11.9 Å². The third-order valence-corrected chi connectivity index (χ3v) is 5.55. The average molecular weight is 546 g/mol. The van der Waals surface area contributed by atoms with Crippen molar-refractivity contribution in [3.63, 3.8) is 0 Å². The second-order valence-corrected chi connectivity index (χ2v) is 8.70. The molecule has 210 valence electrons. The maximum atomic E-state index is 13.2. The zero-order chi connectivity index (χ0) is 28.9. The highest BCUT2D eigenvalue weighted by atomic mass is 16.4. The molecule has 0 aliphatic heterocycles. The number of nitrogens with zero attached hydrogens (tertiary/aromatic N) is 1. The molecular formula is C24H31N7O8. The lowest BCUT2D eigenvalue weighted by atomic mass is 10.0. The Morgan fingerprint density at radius 1 is 0.872 bits per heavy atom. The van der Waals surface area contributed by atoms with Crippen LogP contribution in [0.1, 0.15) is 30.5 Å². The lowest BCUT2D eigenvalue weighted by Gasteiger charge is -2.24. The molecule has 0 bridgehead atoms. The van der Waals surface area contributed by atoms with Gasteiger partial charge in [-0.1, -0.05) is 30.3 Å². The number of rotatable bonds is 16. The van der Waals surface area contributed by atoms with Crippen molar-refractivity contribution < 1.29 is 39.0 Å². The van der Waals surface area contributed by atoms with Gasteiger partial charge in [0.05, 0.1) is 18.8 Å². The second-order valence-electron chi connectivity index (χ2n) is 8.70. The lowest BCUT2D eigenvalue weighted by molar-refractivity contribution is -0.142. The van der Waals surface area contributed by atoms with Crippen LogP contribution in [-0.4, -0.2) is 79.9 Å². The van der Waals surface area contributed by atoms with Crippen LogP contribution < -0.4 is 27.4 Å². The average Bonchev–Trinajstić information content (AvgIpc) is 3.39. The number of nitrogens with one attached hydrogen (secondary N) is 4. The van der Waals surface area contributed by atoms with Gasteiger partial charge in [-0.3, -0.25) is 24.0 Å². The number of hydrogen-bond donors (Lipinski definition) is 8. The van der Waals surface area contributed by atoms with Crippen LogP contribution >= 0.6 is 0 Å². The first-order valence-corrected chi connectivity index (χ1v) is 11.9. The van der Waals surface area contributed by atoms with E-state index in [-0.39, 0.29) is 19.3 Å². The van der Waals surface area contributed by atoms with Crippen molar-refractivity contribution in [2.45, 2.75) is 56.3 Å². The number of nitrogens with two attached hydrogens (primary N) is 2. The summed E-state index contributed by atoms with van der Waals surface area (Å²) < 4.78 is 0. The minimum atomic E-state index is -1.54. The summed E-state index contributed by atoms with van der Waals surface area (Å²) in [5, 5.41) is 25.5. The monoisotopic (exact) mass is 545 g/mol. The predicted octanol–water partition coefficient (Wildman–Crippen LogP) is -2.20. The molecule has 1 aromatic heterocycles. The first-order valence-electron chi connectivity index (χ1n) is 11.9. The molecule has 0 aliphatic rings. The number of H-pyrrole nitrogens is 1. The summed E-state index contributed by atoms with van der Waals surface area (Å²) in [6.07, 6.45) is 1.31. The van der Waals surface area contributed by atoms with E-state index < -0.39 is 72.6 Å². The van der Waals surface area contributed by atoms with Crippen LogP contribution in [-0.2, 0) is 41.6 Å². The summed E-state index contributed by atoms with van der Waals surface area (Å²) in [6, 6.07) is 3.10. The van der Waals surface area contributed by atoms with Crippen molar-refractivity contribution >= 4 is 35.6 Å². The zero-order valence-electron chi connectivity index (χ0n) is 20.8. The SMILES string of the molecule is NC(=O)CC(NC(=O)C(N)CCC(=O)O)C(=O)NC(Cc1cnc[nH]1)C(=O)NC(Cc1ccccc1)C(=O)O. The molecule has 15 heteroatoms. The van der Waals surface area contributed by atoms with Gasteiger partial charge in [-0.05, 0) is 12.0 Å². The van der Waals surface area contributed by atoms with Crippen LogP contribution in [0.5, 0.6) is 0 Å². The van der Waals surface area contributed by atoms with E-state index in [0.717, 1.165) is 0 Å². The van der Waals surface area contributed by atoms with Gasteiger partial charge in [-0.2, -0.15) is 0 Å². The Bertz CT molecular complexity index is 1160. The molecule has 0 radical (unpaired) electrons. The largest absolute Gasteiger partial charge is 0.481 e. The Labute approximate surface area is 222 Å². The molecule has 4 atom stereocenters. The maximum Gasteiger partial charge on any atom is 0.326 e. The first kappa shape index (κ1) is 30.4. The lowest BCUT2D eigenvalue weighted by Crippen LogP contribution is -2.58. The van der Waals surface area contributed by atoms with E-state index in [1.54, 1.807) is 30.3 Å². The zero-order valence-corrected chi connectivity index (χ0v) is 20.8. The molecule has 2 rings (SSSR count). The van der Waals surface area contributed by atoms with Crippen molar-refractivity contribution in [1.29, 1.82) is 0 Å². The molecule has 1 heterocycles. The van der Waals surface area contributed by atoms with Crippen LogP contribution in [0.4, 0.5) is 0 Å². The van der Waals surface area contributed by atoms with Crippen molar-refractivity contribution in [2.75, 3.05) is 0 Å². The molecule has 0 saturated carbocycles. The Morgan fingerprint density at radius 2 is 1.49 bits per heavy atom. The number of carboxylic acids is 2. The van der Waals surface area contributed by atoms with E-state index in [0.29, 0.717) is 11.3 Å². The van der Waals surface area contributed by atoms with Crippen LogP contribution in [0.2, 0.25) is 0 Å². The smallest absolute Gasteiger partial charge is 0.326 e. The van der Waals surface area contributed by atoms with Gasteiger partial charge < -0.3 is 42.6 Å². The number of aromatic amines is 1. The molecule has 15 nitrogen and oxygen atoms in total. The van der Waals surface area contributed by atoms with Gasteiger partial charge in [0.2, 0.25) is 23.6 Å². The van der Waals surface area contributed by atoms with Crippen LogP contribution in [0.15, 0.2) is 42.9 Å². The predicted molar refractivity (Wildman–Crippen MR) is 135 cm³/mol. The Balaban J connectivity index is 2.19. The number of amides is 4. The highest BCUT2D eigenvalue weighted by Crippen LogP contribution is 2.07. The summed E-state index contributed by atoms with van der Waals surface area (Å²) >= 11 is 0. The number of hydrogen-bond acceptors (Lipinski definition) is 8. The number of primary amides is 1. The van der Waals surface area contributed by atoms with Crippen LogP contribution in [0.25, 0.3) is 0 Å². The highest BCUT2D eigenvalue weighted by Gasteiger charge is 2.31. The second kappa shape index (κ2) is 14.8. The van der Waals surface area contributed by atoms with Crippen LogP contribution in [0.3, 0.4) is 0 Å². The number of carbonyl (C=O) groups excluding carboxylic acids is 4. The molecule has 10 N–H and O–H groups in total. The standard InChI is InChI=1S/C24H31N7O8/c25-15(6-7-20(33)34)21(35)29-17(10-19(26)32)23(37)30-16(9-14-11-27-12-28-14)22(36)31-18(24(38)39)8-13-4-2-1-3-5-13/h1-5,11-12,15-18H,6-10,25H2,(H2,26,32)(H,27,28)(H,29,35)(H,30,37)(H,31,36)(H,33,34)(H,38,39). The minimum absolute atomic E-state index is 0.0266.